The fourth-order valence-electron chi connectivity index (χ4n) is 1.97. The molecule has 0 aliphatic heterocycles. The van der Waals surface area contributed by atoms with Gasteiger partial charge >= 0.3 is 0 Å². The highest BCUT2D eigenvalue weighted by Crippen LogP contribution is 2.22. The standard InChI is InChI=1S/C12H17N3S2/c1-8-4-6-13-11-10(8)14-12(16)15(11)9(2)5-7-17-3/h4,6,9H,5,7H2,1-3H3,(H,14,16). The van der Waals surface area contributed by atoms with Crippen LogP contribution in [0.15, 0.2) is 12.3 Å². The van der Waals surface area contributed by atoms with Crippen LogP contribution in [0.2, 0.25) is 0 Å². The Hall–Kier alpha value is -0.810. The fraction of sp³-hybridized carbons (Fsp3) is 0.500. The number of H-pyrrole nitrogens is 1. The van der Waals surface area contributed by atoms with E-state index >= 15 is 0 Å². The highest BCUT2D eigenvalue weighted by atomic mass is 32.2. The Balaban J connectivity index is 2.50. The lowest BCUT2D eigenvalue weighted by atomic mass is 10.2. The third kappa shape index (κ3) is 2.40. The molecule has 17 heavy (non-hydrogen) atoms. The molecule has 92 valence electrons. The zero-order valence-corrected chi connectivity index (χ0v) is 12.0. The second-order valence-corrected chi connectivity index (χ2v) is 5.63. The molecule has 2 aromatic heterocycles. The van der Waals surface area contributed by atoms with Crippen LogP contribution in [0.25, 0.3) is 11.2 Å². The zero-order valence-electron chi connectivity index (χ0n) is 10.4. The molecule has 0 amide bonds. The Morgan fingerprint density at radius 2 is 2.35 bits per heavy atom. The molecule has 0 bridgehead atoms. The van der Waals surface area contributed by atoms with Gasteiger partial charge in [0.25, 0.3) is 0 Å². The summed E-state index contributed by atoms with van der Waals surface area (Å²) in [6, 6.07) is 2.39. The molecule has 5 heteroatoms. The molecular formula is C12H17N3S2. The number of hydrogen-bond donors (Lipinski definition) is 1. The summed E-state index contributed by atoms with van der Waals surface area (Å²) < 4.78 is 2.91. The van der Waals surface area contributed by atoms with Gasteiger partial charge < -0.3 is 4.98 Å². The quantitative estimate of drug-likeness (QED) is 0.857. The molecule has 0 saturated carbocycles. The van der Waals surface area contributed by atoms with Crippen LogP contribution >= 0.6 is 24.0 Å². The molecule has 0 aromatic carbocycles. The maximum atomic E-state index is 5.40. The maximum absolute atomic E-state index is 5.40. The molecule has 0 spiro atoms. The van der Waals surface area contributed by atoms with Crippen LogP contribution in [0.4, 0.5) is 0 Å². The summed E-state index contributed by atoms with van der Waals surface area (Å²) in [5.41, 5.74) is 3.23. The third-order valence-corrected chi connectivity index (χ3v) is 3.94. The summed E-state index contributed by atoms with van der Waals surface area (Å²) >= 11 is 7.26. The summed E-state index contributed by atoms with van der Waals surface area (Å²) in [5.74, 6) is 1.14. The number of thioether (sulfide) groups is 1. The Kier molecular flexibility index (Phi) is 3.89. The minimum Gasteiger partial charge on any atom is -0.329 e. The van der Waals surface area contributed by atoms with Gasteiger partial charge in [-0.05, 0) is 56.1 Å². The Morgan fingerprint density at radius 3 is 3.06 bits per heavy atom. The van der Waals surface area contributed by atoms with Crippen molar-refractivity contribution in [2.75, 3.05) is 12.0 Å². The minimum absolute atomic E-state index is 0.387. The highest BCUT2D eigenvalue weighted by Gasteiger charge is 2.12. The highest BCUT2D eigenvalue weighted by molar-refractivity contribution is 7.98. The van der Waals surface area contributed by atoms with Crippen molar-refractivity contribution in [3.63, 3.8) is 0 Å². The normalized spacial score (nSPS) is 13.1. The number of nitrogens with zero attached hydrogens (tertiary/aromatic N) is 2. The number of aryl methyl sites for hydroxylation is 1. The minimum atomic E-state index is 0.387. The first-order valence-electron chi connectivity index (χ1n) is 5.70. The number of aromatic nitrogens is 3. The second-order valence-electron chi connectivity index (χ2n) is 4.26. The van der Waals surface area contributed by atoms with Crippen LogP contribution in [0, 0.1) is 11.7 Å². The first-order valence-corrected chi connectivity index (χ1v) is 7.50. The summed E-state index contributed by atoms with van der Waals surface area (Å²) in [7, 11) is 0. The van der Waals surface area contributed by atoms with E-state index in [2.05, 4.69) is 34.6 Å². The number of rotatable bonds is 4. The lowest BCUT2D eigenvalue weighted by Crippen LogP contribution is -2.07. The average Bonchev–Trinajstić information content (AvgIpc) is 2.64. The molecule has 0 fully saturated rings. The van der Waals surface area contributed by atoms with E-state index in [1.807, 2.05) is 24.0 Å². The molecule has 1 N–H and O–H groups in total. The smallest absolute Gasteiger partial charge is 0.179 e. The van der Waals surface area contributed by atoms with Crippen LogP contribution in [0.3, 0.4) is 0 Å². The van der Waals surface area contributed by atoms with Gasteiger partial charge in [-0.1, -0.05) is 0 Å². The van der Waals surface area contributed by atoms with Crippen LogP contribution in [0.1, 0.15) is 24.9 Å². The van der Waals surface area contributed by atoms with Gasteiger partial charge in [-0.2, -0.15) is 11.8 Å². The molecule has 1 atom stereocenters. The predicted octanol–water partition coefficient (Wildman–Crippen LogP) is 3.72. The van der Waals surface area contributed by atoms with Crippen LogP contribution in [0.5, 0.6) is 0 Å². The van der Waals surface area contributed by atoms with E-state index in [4.69, 9.17) is 12.2 Å². The molecule has 2 rings (SSSR count). The monoisotopic (exact) mass is 267 g/mol. The molecule has 0 aliphatic carbocycles. The third-order valence-electron chi connectivity index (χ3n) is 3.00. The Morgan fingerprint density at radius 1 is 1.59 bits per heavy atom. The van der Waals surface area contributed by atoms with Crippen molar-refractivity contribution < 1.29 is 0 Å². The van der Waals surface area contributed by atoms with Crippen LogP contribution in [-0.4, -0.2) is 26.5 Å². The number of hydrogen-bond acceptors (Lipinski definition) is 3. The number of nitrogens with one attached hydrogen (secondary N) is 1. The molecular weight excluding hydrogens is 250 g/mol. The summed E-state index contributed by atoms with van der Waals surface area (Å²) in [5, 5.41) is 0. The van der Waals surface area contributed by atoms with Gasteiger partial charge in [0.05, 0.1) is 5.52 Å². The van der Waals surface area contributed by atoms with E-state index in [1.54, 1.807) is 0 Å². The van der Waals surface area contributed by atoms with Gasteiger partial charge in [-0.25, -0.2) is 4.98 Å². The zero-order chi connectivity index (χ0) is 12.4. The van der Waals surface area contributed by atoms with Crippen LogP contribution < -0.4 is 0 Å². The molecule has 3 nitrogen and oxygen atoms in total. The van der Waals surface area contributed by atoms with Gasteiger partial charge in [0.15, 0.2) is 10.4 Å². The Labute approximate surface area is 111 Å². The van der Waals surface area contributed by atoms with Gasteiger partial charge in [0.1, 0.15) is 0 Å². The van der Waals surface area contributed by atoms with E-state index < -0.39 is 0 Å². The molecule has 2 aromatic rings. The van der Waals surface area contributed by atoms with Gasteiger partial charge in [-0.3, -0.25) is 4.57 Å². The lowest BCUT2D eigenvalue weighted by molar-refractivity contribution is 0.539. The van der Waals surface area contributed by atoms with E-state index in [0.29, 0.717) is 6.04 Å². The Bertz CT molecular complexity index is 571. The van der Waals surface area contributed by atoms with Crippen molar-refractivity contribution in [3.8, 4) is 0 Å². The van der Waals surface area contributed by atoms with Gasteiger partial charge in [-0.15, -0.1) is 0 Å². The van der Waals surface area contributed by atoms with E-state index in [9.17, 15) is 0 Å². The largest absolute Gasteiger partial charge is 0.329 e. The lowest BCUT2D eigenvalue weighted by Gasteiger charge is -2.13. The van der Waals surface area contributed by atoms with Crippen molar-refractivity contribution in [1.29, 1.82) is 0 Å². The van der Waals surface area contributed by atoms with Crippen LogP contribution in [-0.2, 0) is 0 Å². The topological polar surface area (TPSA) is 33.6 Å². The van der Waals surface area contributed by atoms with Crippen molar-refractivity contribution in [3.05, 3.63) is 22.6 Å². The number of fused-ring (bicyclic) bond motifs is 1. The molecule has 1 unspecified atom stereocenters. The molecule has 0 aliphatic rings. The summed E-state index contributed by atoms with van der Waals surface area (Å²) in [6.07, 6.45) is 5.08. The first-order chi connectivity index (χ1) is 8.15. The summed E-state index contributed by atoms with van der Waals surface area (Å²) in [6.45, 7) is 4.27. The maximum Gasteiger partial charge on any atom is 0.179 e. The SMILES string of the molecule is CSCCC(C)n1c(=S)[nH]c2c(C)ccnc21. The van der Waals surface area contributed by atoms with Crippen molar-refractivity contribution in [2.45, 2.75) is 26.3 Å². The molecule has 0 radical (unpaired) electrons. The number of pyridine rings is 1. The van der Waals surface area contributed by atoms with Crippen molar-refractivity contribution in [2.24, 2.45) is 0 Å². The van der Waals surface area contributed by atoms with Gasteiger partial charge in [0, 0.05) is 12.2 Å². The van der Waals surface area contributed by atoms with Gasteiger partial charge in [0.2, 0.25) is 0 Å². The molecule has 2 heterocycles. The fourth-order valence-corrected chi connectivity index (χ4v) is 2.92. The van der Waals surface area contributed by atoms with E-state index in [-0.39, 0.29) is 0 Å². The predicted molar refractivity (Wildman–Crippen MR) is 77.4 cm³/mol. The summed E-state index contributed by atoms with van der Waals surface area (Å²) in [4.78, 5) is 7.71. The molecule has 0 saturated heterocycles. The number of aromatic amines is 1. The average molecular weight is 267 g/mol. The van der Waals surface area contributed by atoms with E-state index in [0.717, 1.165) is 28.1 Å². The first kappa shape index (κ1) is 12.6. The van der Waals surface area contributed by atoms with Crippen molar-refractivity contribution in [1.82, 2.24) is 14.5 Å². The van der Waals surface area contributed by atoms with E-state index in [1.165, 1.54) is 5.56 Å². The second kappa shape index (κ2) is 5.23. The number of imidazole rings is 1. The van der Waals surface area contributed by atoms with Crippen molar-refractivity contribution >= 4 is 35.1 Å².